The van der Waals surface area contributed by atoms with Crippen molar-refractivity contribution in [1.29, 1.82) is 0 Å². The van der Waals surface area contributed by atoms with Crippen LogP contribution in [-0.4, -0.2) is 33.9 Å². The van der Waals surface area contributed by atoms with Crippen LogP contribution in [0.1, 0.15) is 5.56 Å². The number of pyridine rings is 1. The summed E-state index contributed by atoms with van der Waals surface area (Å²) in [5, 5.41) is 7.13. The summed E-state index contributed by atoms with van der Waals surface area (Å²) in [5.41, 5.74) is 3.61. The molecule has 0 aliphatic rings. The van der Waals surface area contributed by atoms with Crippen LogP contribution in [-0.2, 0) is 6.54 Å². The van der Waals surface area contributed by atoms with E-state index in [-0.39, 0.29) is 0 Å². The molecule has 0 radical (unpaired) electrons. The summed E-state index contributed by atoms with van der Waals surface area (Å²) in [6.45, 7) is 0.662. The van der Waals surface area contributed by atoms with E-state index in [0.717, 1.165) is 22.6 Å². The second-order valence-corrected chi connectivity index (χ2v) is 7.84. The zero-order valence-corrected chi connectivity index (χ0v) is 19.7. The van der Waals surface area contributed by atoms with Crippen molar-refractivity contribution in [2.45, 2.75) is 6.54 Å². The molecule has 2 aromatic carbocycles. The van der Waals surface area contributed by atoms with Crippen LogP contribution in [0.4, 0.5) is 11.4 Å². The smallest absolute Gasteiger partial charge is 0.175 e. The van der Waals surface area contributed by atoms with E-state index in [2.05, 4.69) is 31.2 Å². The molecular weight excluding hydrogens is 458 g/mol. The SMILES string of the molecule is COc1ccc(NC(=S)Nc2cccc(Cn3ccnc3-c3ccncc3)c2)c(OC)c1Cl. The van der Waals surface area contributed by atoms with Crippen molar-refractivity contribution in [3.8, 4) is 22.9 Å². The fourth-order valence-electron chi connectivity index (χ4n) is 3.42. The van der Waals surface area contributed by atoms with Crippen molar-refractivity contribution in [2.75, 3.05) is 24.9 Å². The van der Waals surface area contributed by atoms with Gasteiger partial charge < -0.3 is 24.7 Å². The second kappa shape index (κ2) is 10.3. The molecule has 4 aromatic rings. The van der Waals surface area contributed by atoms with Crippen LogP contribution in [0.5, 0.6) is 11.5 Å². The Bertz CT molecular complexity index is 1260. The van der Waals surface area contributed by atoms with Crippen molar-refractivity contribution < 1.29 is 9.47 Å². The van der Waals surface area contributed by atoms with Gasteiger partial charge in [0, 0.05) is 42.6 Å². The number of hydrogen-bond donors (Lipinski definition) is 2. The third kappa shape index (κ3) is 5.24. The van der Waals surface area contributed by atoms with E-state index in [9.17, 15) is 0 Å². The Morgan fingerprint density at radius 3 is 2.61 bits per heavy atom. The summed E-state index contributed by atoms with van der Waals surface area (Å²) in [4.78, 5) is 8.57. The minimum Gasteiger partial charge on any atom is -0.495 e. The summed E-state index contributed by atoms with van der Waals surface area (Å²) >= 11 is 11.8. The maximum atomic E-state index is 6.34. The monoisotopic (exact) mass is 479 g/mol. The largest absolute Gasteiger partial charge is 0.495 e. The van der Waals surface area contributed by atoms with Crippen molar-refractivity contribution >= 4 is 40.3 Å². The molecule has 0 saturated carbocycles. The van der Waals surface area contributed by atoms with E-state index in [4.69, 9.17) is 33.3 Å². The van der Waals surface area contributed by atoms with Gasteiger partial charge in [0.15, 0.2) is 10.9 Å². The molecule has 0 saturated heterocycles. The normalized spacial score (nSPS) is 10.5. The molecule has 0 fully saturated rings. The molecule has 4 rings (SSSR count). The summed E-state index contributed by atoms with van der Waals surface area (Å²) in [6.07, 6.45) is 7.28. The number of rotatable bonds is 7. The average Bonchev–Trinajstić information content (AvgIpc) is 3.28. The molecule has 0 aliphatic carbocycles. The first-order valence-corrected chi connectivity index (χ1v) is 10.9. The minimum absolute atomic E-state index is 0.375. The topological polar surface area (TPSA) is 73.2 Å². The van der Waals surface area contributed by atoms with Gasteiger partial charge in [-0.3, -0.25) is 4.98 Å². The summed E-state index contributed by atoms with van der Waals surface area (Å²) in [7, 11) is 3.10. The van der Waals surface area contributed by atoms with Crippen LogP contribution in [0.2, 0.25) is 5.02 Å². The molecule has 9 heteroatoms. The van der Waals surface area contributed by atoms with Crippen LogP contribution in [0.3, 0.4) is 0 Å². The number of nitrogens with one attached hydrogen (secondary N) is 2. The standard InChI is InChI=1S/C24H22ClN5O2S/c1-31-20-7-6-19(22(32-2)21(20)25)29-24(33)28-18-5-3-4-16(14-18)15-30-13-12-27-23(30)17-8-10-26-11-9-17/h3-14H,15H2,1-2H3,(H2,28,29,33). The number of methoxy groups -OCH3 is 2. The second-order valence-electron chi connectivity index (χ2n) is 7.06. The van der Waals surface area contributed by atoms with Gasteiger partial charge in [0.2, 0.25) is 0 Å². The highest BCUT2D eigenvalue weighted by Crippen LogP contribution is 2.39. The summed E-state index contributed by atoms with van der Waals surface area (Å²) in [5.74, 6) is 1.87. The number of benzene rings is 2. The van der Waals surface area contributed by atoms with Gasteiger partial charge in [0.1, 0.15) is 16.6 Å². The highest BCUT2D eigenvalue weighted by Gasteiger charge is 2.14. The number of ether oxygens (including phenoxy) is 2. The number of imidazole rings is 1. The number of aromatic nitrogens is 3. The molecule has 0 spiro atoms. The summed E-state index contributed by atoms with van der Waals surface area (Å²) in [6, 6.07) is 15.5. The van der Waals surface area contributed by atoms with E-state index >= 15 is 0 Å². The van der Waals surface area contributed by atoms with E-state index < -0.39 is 0 Å². The predicted octanol–water partition coefficient (Wildman–Crippen LogP) is 5.47. The van der Waals surface area contributed by atoms with Crippen LogP contribution < -0.4 is 20.1 Å². The van der Waals surface area contributed by atoms with E-state index in [1.54, 1.807) is 44.9 Å². The first kappa shape index (κ1) is 22.6. The molecule has 0 bridgehead atoms. The number of nitrogens with zero attached hydrogens (tertiary/aromatic N) is 3. The van der Waals surface area contributed by atoms with Crippen LogP contribution in [0.15, 0.2) is 73.3 Å². The summed E-state index contributed by atoms with van der Waals surface area (Å²) < 4.78 is 12.8. The van der Waals surface area contributed by atoms with Gasteiger partial charge in [-0.2, -0.15) is 0 Å². The average molecular weight is 480 g/mol. The van der Waals surface area contributed by atoms with Crippen LogP contribution in [0.25, 0.3) is 11.4 Å². The highest BCUT2D eigenvalue weighted by molar-refractivity contribution is 7.80. The van der Waals surface area contributed by atoms with Gasteiger partial charge in [-0.15, -0.1) is 0 Å². The van der Waals surface area contributed by atoms with Gasteiger partial charge >= 0.3 is 0 Å². The first-order valence-electron chi connectivity index (χ1n) is 10.1. The molecule has 0 atom stereocenters. The van der Waals surface area contributed by atoms with E-state index in [0.29, 0.717) is 33.9 Å². The first-order chi connectivity index (χ1) is 16.1. The molecular formula is C24H22ClN5O2S. The Hall–Kier alpha value is -3.62. The zero-order chi connectivity index (χ0) is 23.2. The third-order valence-corrected chi connectivity index (χ3v) is 5.49. The zero-order valence-electron chi connectivity index (χ0n) is 18.1. The molecule has 2 N–H and O–H groups in total. The number of anilines is 2. The quantitative estimate of drug-likeness (QED) is 0.340. The maximum absolute atomic E-state index is 6.34. The van der Waals surface area contributed by atoms with Gasteiger partial charge in [-0.25, -0.2) is 4.98 Å². The van der Waals surface area contributed by atoms with Gasteiger partial charge in [0.05, 0.1) is 19.9 Å². The fraction of sp³-hybridized carbons (Fsp3) is 0.125. The van der Waals surface area contributed by atoms with Crippen molar-refractivity contribution in [3.63, 3.8) is 0 Å². The Labute approximate surface area is 202 Å². The molecule has 2 aromatic heterocycles. The molecule has 0 amide bonds. The van der Waals surface area contributed by atoms with Crippen molar-refractivity contribution in [1.82, 2.24) is 14.5 Å². The minimum atomic E-state index is 0.375. The predicted molar refractivity (Wildman–Crippen MR) is 135 cm³/mol. The molecule has 2 heterocycles. The van der Waals surface area contributed by atoms with E-state index in [1.807, 2.05) is 36.5 Å². The Balaban J connectivity index is 1.47. The lowest BCUT2D eigenvalue weighted by atomic mass is 10.2. The highest BCUT2D eigenvalue weighted by atomic mass is 35.5. The number of halogens is 1. The van der Waals surface area contributed by atoms with Crippen LogP contribution >= 0.6 is 23.8 Å². The number of thiocarbonyl (C=S) groups is 1. The molecule has 33 heavy (non-hydrogen) atoms. The fourth-order valence-corrected chi connectivity index (χ4v) is 3.97. The lowest BCUT2D eigenvalue weighted by molar-refractivity contribution is 0.396. The van der Waals surface area contributed by atoms with Gasteiger partial charge in [-0.05, 0) is 54.2 Å². The Morgan fingerprint density at radius 1 is 1.03 bits per heavy atom. The van der Waals surface area contributed by atoms with Crippen molar-refractivity contribution in [3.05, 3.63) is 83.9 Å². The lowest BCUT2D eigenvalue weighted by Crippen LogP contribution is -2.19. The molecule has 7 nitrogen and oxygen atoms in total. The molecule has 0 unspecified atom stereocenters. The molecule has 168 valence electrons. The maximum Gasteiger partial charge on any atom is 0.175 e. The third-order valence-electron chi connectivity index (χ3n) is 4.93. The van der Waals surface area contributed by atoms with Gasteiger partial charge in [-0.1, -0.05) is 23.7 Å². The lowest BCUT2D eigenvalue weighted by Gasteiger charge is -2.16. The Morgan fingerprint density at radius 2 is 1.85 bits per heavy atom. The number of hydrogen-bond acceptors (Lipinski definition) is 5. The van der Waals surface area contributed by atoms with Crippen molar-refractivity contribution in [2.24, 2.45) is 0 Å². The Kier molecular flexibility index (Phi) is 7.07. The van der Waals surface area contributed by atoms with Crippen LogP contribution in [0, 0.1) is 0 Å². The molecule has 0 aliphatic heterocycles. The van der Waals surface area contributed by atoms with Gasteiger partial charge in [0.25, 0.3) is 0 Å². The van der Waals surface area contributed by atoms with E-state index in [1.165, 1.54) is 0 Å².